The van der Waals surface area contributed by atoms with Gasteiger partial charge in [-0.1, -0.05) is 48.5 Å². The Labute approximate surface area is 138 Å². The molecule has 0 spiro atoms. The number of hydrogen-bond donors (Lipinski definition) is 1. The molecule has 0 aliphatic rings. The Balaban J connectivity index is 2.05. The van der Waals surface area contributed by atoms with E-state index < -0.39 is 11.7 Å². The maximum Gasteiger partial charge on any atom is 0.426 e. The number of para-hydroxylation sites is 1. The molecule has 0 aliphatic heterocycles. The lowest BCUT2D eigenvalue weighted by atomic mass is 10.1. The number of benzene rings is 2. The average Bonchev–Trinajstić information content (AvgIpc) is 2.51. The van der Waals surface area contributed by atoms with Crippen molar-refractivity contribution in [3.8, 4) is 0 Å². The van der Waals surface area contributed by atoms with Crippen LogP contribution in [-0.2, 0) is 11.2 Å². The Morgan fingerprint density at radius 1 is 1.00 bits per heavy atom. The van der Waals surface area contributed by atoms with Crippen molar-refractivity contribution in [1.82, 2.24) is 5.43 Å². The lowest BCUT2D eigenvalue weighted by Crippen LogP contribution is -2.46. The van der Waals surface area contributed by atoms with E-state index in [1.54, 1.807) is 0 Å². The van der Waals surface area contributed by atoms with E-state index >= 15 is 0 Å². The molecule has 4 heteroatoms. The highest BCUT2D eigenvalue weighted by Gasteiger charge is 2.18. The molecule has 0 fully saturated rings. The van der Waals surface area contributed by atoms with Gasteiger partial charge in [0.1, 0.15) is 5.60 Å². The first-order chi connectivity index (χ1) is 10.9. The van der Waals surface area contributed by atoms with Gasteiger partial charge < -0.3 is 4.74 Å². The first-order valence-corrected chi connectivity index (χ1v) is 7.80. The summed E-state index contributed by atoms with van der Waals surface area (Å²) in [5, 5.41) is 1.82. The van der Waals surface area contributed by atoms with Crippen LogP contribution in [0.1, 0.15) is 26.3 Å². The second kappa shape index (κ2) is 7.68. The van der Waals surface area contributed by atoms with Crippen molar-refractivity contribution in [3.63, 3.8) is 0 Å². The molecule has 0 unspecified atom stereocenters. The number of nitrogens with one attached hydrogen (secondary N) is 1. The number of rotatable bonds is 5. The van der Waals surface area contributed by atoms with E-state index in [9.17, 15) is 4.79 Å². The van der Waals surface area contributed by atoms with Gasteiger partial charge in [-0.3, -0.25) is 5.01 Å². The maximum atomic E-state index is 12.1. The van der Waals surface area contributed by atoms with Crippen molar-refractivity contribution in [3.05, 3.63) is 66.2 Å². The molecule has 0 aliphatic carbocycles. The minimum absolute atomic E-state index is 0.450. The van der Waals surface area contributed by atoms with Crippen LogP contribution in [0.2, 0.25) is 0 Å². The number of carbonyl (C=O) groups excluding carboxylic acids is 1. The van der Waals surface area contributed by atoms with Gasteiger partial charge in [-0.25, -0.2) is 10.2 Å². The van der Waals surface area contributed by atoms with Crippen molar-refractivity contribution in [1.29, 1.82) is 0 Å². The van der Waals surface area contributed by atoms with Crippen LogP contribution in [-0.4, -0.2) is 18.2 Å². The van der Waals surface area contributed by atoms with Gasteiger partial charge in [-0.2, -0.15) is 0 Å². The standard InChI is InChI=1S/C19H24N2O2/c1-19(2,3)23-18(22)20-21(17-12-8-5-9-13-17)15-14-16-10-6-4-7-11-16/h4-13H,14-15H2,1-3H3,(H,20,22). The monoisotopic (exact) mass is 312 g/mol. The molecule has 1 amide bonds. The summed E-state index contributed by atoms with van der Waals surface area (Å²) in [6.07, 6.45) is 0.375. The lowest BCUT2D eigenvalue weighted by molar-refractivity contribution is 0.0521. The Kier molecular flexibility index (Phi) is 5.63. The highest BCUT2D eigenvalue weighted by atomic mass is 16.6. The summed E-state index contributed by atoms with van der Waals surface area (Å²) in [5.41, 5.74) is 4.46. The van der Waals surface area contributed by atoms with Gasteiger partial charge in [-0.05, 0) is 44.9 Å². The Morgan fingerprint density at radius 3 is 2.13 bits per heavy atom. The van der Waals surface area contributed by atoms with Gasteiger partial charge in [0.2, 0.25) is 0 Å². The number of amides is 1. The fourth-order valence-electron chi connectivity index (χ4n) is 2.15. The van der Waals surface area contributed by atoms with Gasteiger partial charge in [0.25, 0.3) is 0 Å². The fourth-order valence-corrected chi connectivity index (χ4v) is 2.15. The summed E-state index contributed by atoms with van der Waals surface area (Å²) in [5.74, 6) is 0. The number of hydrazine groups is 1. The molecule has 0 aromatic heterocycles. The van der Waals surface area contributed by atoms with Gasteiger partial charge in [0, 0.05) is 6.54 Å². The van der Waals surface area contributed by atoms with E-state index in [1.165, 1.54) is 5.56 Å². The molecule has 122 valence electrons. The second-order valence-corrected chi connectivity index (χ2v) is 6.34. The third-order valence-electron chi connectivity index (χ3n) is 3.16. The average molecular weight is 312 g/mol. The fraction of sp³-hybridized carbons (Fsp3) is 0.316. The molecule has 2 aromatic rings. The molecule has 2 rings (SSSR count). The molecule has 0 heterocycles. The van der Waals surface area contributed by atoms with Crippen LogP contribution in [0.3, 0.4) is 0 Å². The summed E-state index contributed by atoms with van der Waals surface area (Å²) in [7, 11) is 0. The minimum atomic E-state index is -0.522. The molecule has 0 radical (unpaired) electrons. The smallest absolute Gasteiger partial charge is 0.426 e. The molecule has 23 heavy (non-hydrogen) atoms. The largest absolute Gasteiger partial charge is 0.443 e. The molecule has 1 N–H and O–H groups in total. The highest BCUT2D eigenvalue weighted by Crippen LogP contribution is 2.13. The Hall–Kier alpha value is -2.49. The van der Waals surface area contributed by atoms with Gasteiger partial charge in [0.15, 0.2) is 0 Å². The van der Waals surface area contributed by atoms with E-state index in [0.717, 1.165) is 12.1 Å². The normalized spacial score (nSPS) is 10.9. The zero-order valence-corrected chi connectivity index (χ0v) is 14.0. The number of ether oxygens (including phenoxy) is 1. The van der Waals surface area contributed by atoms with Crippen LogP contribution in [0.5, 0.6) is 0 Å². The molecule has 4 nitrogen and oxygen atoms in total. The second-order valence-electron chi connectivity index (χ2n) is 6.34. The maximum absolute atomic E-state index is 12.1. The predicted molar refractivity (Wildman–Crippen MR) is 93.3 cm³/mol. The Morgan fingerprint density at radius 2 is 1.57 bits per heavy atom. The van der Waals surface area contributed by atoms with Crippen molar-refractivity contribution < 1.29 is 9.53 Å². The zero-order chi connectivity index (χ0) is 16.7. The number of carbonyl (C=O) groups is 1. The third-order valence-corrected chi connectivity index (χ3v) is 3.16. The zero-order valence-electron chi connectivity index (χ0n) is 14.0. The van der Waals surface area contributed by atoms with E-state index in [4.69, 9.17) is 4.74 Å². The topological polar surface area (TPSA) is 41.6 Å². The summed E-state index contributed by atoms with van der Waals surface area (Å²) in [4.78, 5) is 12.1. The van der Waals surface area contributed by atoms with E-state index in [2.05, 4.69) is 17.6 Å². The molecular formula is C19H24N2O2. The van der Waals surface area contributed by atoms with Crippen LogP contribution in [0, 0.1) is 0 Å². The Bertz CT molecular complexity index is 606. The highest BCUT2D eigenvalue weighted by molar-refractivity contribution is 5.70. The summed E-state index contributed by atoms with van der Waals surface area (Å²) < 4.78 is 5.35. The number of hydrogen-bond acceptors (Lipinski definition) is 3. The molecular weight excluding hydrogens is 288 g/mol. The van der Waals surface area contributed by atoms with Gasteiger partial charge in [0.05, 0.1) is 5.69 Å². The van der Waals surface area contributed by atoms with E-state index in [0.29, 0.717) is 6.54 Å². The van der Waals surface area contributed by atoms with Crippen LogP contribution < -0.4 is 10.4 Å². The quantitative estimate of drug-likeness (QED) is 0.842. The molecule has 0 saturated carbocycles. The van der Waals surface area contributed by atoms with Crippen LogP contribution >= 0.6 is 0 Å². The van der Waals surface area contributed by atoms with Crippen LogP contribution in [0.25, 0.3) is 0 Å². The predicted octanol–water partition coefficient (Wildman–Crippen LogP) is 4.18. The summed E-state index contributed by atoms with van der Waals surface area (Å²) in [6.45, 7) is 6.21. The lowest BCUT2D eigenvalue weighted by Gasteiger charge is -2.27. The van der Waals surface area contributed by atoms with Crippen molar-refractivity contribution in [2.45, 2.75) is 32.8 Å². The first kappa shape index (κ1) is 16.9. The molecule has 0 atom stereocenters. The van der Waals surface area contributed by atoms with Crippen molar-refractivity contribution in [2.75, 3.05) is 11.6 Å². The first-order valence-electron chi connectivity index (χ1n) is 7.80. The molecule has 2 aromatic carbocycles. The van der Waals surface area contributed by atoms with Gasteiger partial charge >= 0.3 is 6.09 Å². The summed E-state index contributed by atoms with van der Waals surface area (Å²) in [6, 6.07) is 20.0. The van der Waals surface area contributed by atoms with Gasteiger partial charge in [-0.15, -0.1) is 0 Å². The number of nitrogens with zero attached hydrogens (tertiary/aromatic N) is 1. The third kappa shape index (κ3) is 6.02. The van der Waals surface area contributed by atoms with Crippen molar-refractivity contribution in [2.24, 2.45) is 0 Å². The molecule has 0 saturated heterocycles. The summed E-state index contributed by atoms with van der Waals surface area (Å²) >= 11 is 0. The van der Waals surface area contributed by atoms with Crippen molar-refractivity contribution >= 4 is 11.8 Å². The molecule has 0 bridgehead atoms. The van der Waals surface area contributed by atoms with E-state index in [1.807, 2.05) is 74.3 Å². The van der Waals surface area contributed by atoms with Crippen LogP contribution in [0.4, 0.5) is 10.5 Å². The SMILES string of the molecule is CC(C)(C)OC(=O)NN(CCc1ccccc1)c1ccccc1. The number of anilines is 1. The van der Waals surface area contributed by atoms with Crippen LogP contribution in [0.15, 0.2) is 60.7 Å². The van der Waals surface area contributed by atoms with E-state index in [-0.39, 0.29) is 0 Å². The minimum Gasteiger partial charge on any atom is -0.443 e.